The number of rotatable bonds is 0. The minimum absolute atomic E-state index is 0. The molecule has 0 aliphatic heterocycles. The third-order valence-corrected chi connectivity index (χ3v) is 0.183. The van der Waals surface area contributed by atoms with Crippen molar-refractivity contribution in [3.8, 4) is 0 Å². The van der Waals surface area contributed by atoms with Crippen LogP contribution in [0.15, 0.2) is 0 Å². The molecule has 2 N–H and O–H groups in total. The van der Waals surface area contributed by atoms with Crippen LogP contribution in [0.5, 0.6) is 0 Å². The molecule has 0 heterocycles. The van der Waals surface area contributed by atoms with E-state index in [1.165, 1.54) is 0 Å². The van der Waals surface area contributed by atoms with Gasteiger partial charge < -0.3 is 10.2 Å². The SMILES string of the molecule is O=C(O)C(=O)O.[RbH]. The third kappa shape index (κ3) is 6.75. The zero-order chi connectivity index (χ0) is 5.15. The fraction of sp³-hybridized carbons (Fsp3) is 0. The first-order valence-corrected chi connectivity index (χ1v) is 1.11. The van der Waals surface area contributed by atoms with Crippen molar-refractivity contribution in [3.05, 3.63) is 0 Å². The number of carbonyl (C=O) groups is 2. The van der Waals surface area contributed by atoms with Crippen molar-refractivity contribution in [3.63, 3.8) is 0 Å². The predicted molar refractivity (Wildman–Crippen MR) is 22.4 cm³/mol. The maximum absolute atomic E-state index is 9.10. The summed E-state index contributed by atoms with van der Waals surface area (Å²) in [6.07, 6.45) is 0. The summed E-state index contributed by atoms with van der Waals surface area (Å²) in [5.41, 5.74) is 0. The standard InChI is InChI=1S/C2H2O4.Rb.H/c3-1(4)2(5)6;;/h(H,3,4)(H,5,6);;. The van der Waals surface area contributed by atoms with E-state index in [4.69, 9.17) is 19.8 Å². The molecule has 0 aromatic rings. The second-order valence-corrected chi connectivity index (χ2v) is 0.610. The number of hydrogen-bond donors (Lipinski definition) is 2. The molecule has 0 saturated carbocycles. The summed E-state index contributed by atoms with van der Waals surface area (Å²) in [6.45, 7) is 0. The van der Waals surface area contributed by atoms with Crippen LogP contribution in [0.3, 0.4) is 0 Å². The van der Waals surface area contributed by atoms with Crippen LogP contribution in [0, 0.1) is 0 Å². The summed E-state index contributed by atoms with van der Waals surface area (Å²) < 4.78 is 0. The molecule has 0 aliphatic carbocycles. The Hall–Kier alpha value is 0.745. The monoisotopic (exact) mass is 176 g/mol. The molecule has 0 radical (unpaired) electrons. The van der Waals surface area contributed by atoms with Crippen molar-refractivity contribution in [2.45, 2.75) is 0 Å². The Morgan fingerprint density at radius 2 is 1.14 bits per heavy atom. The number of carboxylic acids is 2. The molecule has 0 amide bonds. The van der Waals surface area contributed by atoms with Crippen LogP contribution in [0.1, 0.15) is 0 Å². The van der Waals surface area contributed by atoms with Crippen molar-refractivity contribution in [1.29, 1.82) is 0 Å². The van der Waals surface area contributed by atoms with Gasteiger partial charge in [0.2, 0.25) is 0 Å². The van der Waals surface area contributed by atoms with Gasteiger partial charge in [0.1, 0.15) is 0 Å². The van der Waals surface area contributed by atoms with E-state index < -0.39 is 11.9 Å². The first kappa shape index (κ1) is 10.7. The van der Waals surface area contributed by atoms with Crippen molar-refractivity contribution >= 4 is 70.1 Å². The fourth-order valence-electron chi connectivity index (χ4n) is 0. The molecular formula is C2H3O4Rb. The van der Waals surface area contributed by atoms with Gasteiger partial charge in [0.15, 0.2) is 0 Å². The first-order valence-electron chi connectivity index (χ1n) is 1.11. The molecular weight excluding hydrogens is 173 g/mol. The van der Waals surface area contributed by atoms with Gasteiger partial charge in [0, 0.05) is 0 Å². The van der Waals surface area contributed by atoms with Crippen molar-refractivity contribution in [2.24, 2.45) is 0 Å². The molecule has 0 aromatic carbocycles. The molecule has 0 atom stereocenters. The van der Waals surface area contributed by atoms with Crippen LogP contribution >= 0.6 is 0 Å². The fourth-order valence-corrected chi connectivity index (χ4v) is 0. The molecule has 0 aromatic heterocycles. The van der Waals surface area contributed by atoms with E-state index in [1.54, 1.807) is 0 Å². The maximum atomic E-state index is 9.10. The molecule has 0 fully saturated rings. The van der Waals surface area contributed by atoms with Gasteiger partial charge in [0.05, 0.1) is 0 Å². The second kappa shape index (κ2) is 4.89. The number of carboxylic acid groups (broad SMARTS) is 2. The van der Waals surface area contributed by atoms with Gasteiger partial charge in [-0.25, -0.2) is 9.59 Å². The van der Waals surface area contributed by atoms with Crippen molar-refractivity contribution in [2.75, 3.05) is 0 Å². The van der Waals surface area contributed by atoms with Gasteiger partial charge in [-0.3, -0.25) is 0 Å². The van der Waals surface area contributed by atoms with Crippen molar-refractivity contribution in [1.82, 2.24) is 0 Å². The summed E-state index contributed by atoms with van der Waals surface area (Å²) >= 11 is 0. The van der Waals surface area contributed by atoms with Crippen LogP contribution in [0.2, 0.25) is 0 Å². The Labute approximate surface area is 88.3 Å². The van der Waals surface area contributed by atoms with E-state index in [9.17, 15) is 0 Å². The molecule has 0 spiro atoms. The topological polar surface area (TPSA) is 74.6 Å². The van der Waals surface area contributed by atoms with Gasteiger partial charge >= 0.3 is 70.1 Å². The van der Waals surface area contributed by atoms with Crippen LogP contribution in [0.4, 0.5) is 0 Å². The Morgan fingerprint density at radius 3 is 1.14 bits per heavy atom. The molecule has 0 rings (SSSR count). The van der Waals surface area contributed by atoms with E-state index in [-0.39, 0.29) is 58.2 Å². The summed E-state index contributed by atoms with van der Waals surface area (Å²) in [6, 6.07) is 0. The Morgan fingerprint density at radius 1 is 1.00 bits per heavy atom. The zero-order valence-electron chi connectivity index (χ0n) is 2.71. The summed E-state index contributed by atoms with van der Waals surface area (Å²) in [7, 11) is 0. The van der Waals surface area contributed by atoms with Gasteiger partial charge in [-0.15, -0.1) is 0 Å². The molecule has 36 valence electrons. The average Bonchev–Trinajstić information content (AvgIpc) is 1.36. The Bertz CT molecular complexity index is 75.7. The quantitative estimate of drug-likeness (QED) is 0.441. The van der Waals surface area contributed by atoms with E-state index in [0.29, 0.717) is 0 Å². The van der Waals surface area contributed by atoms with E-state index in [1.807, 2.05) is 0 Å². The third-order valence-electron chi connectivity index (χ3n) is 0.183. The average molecular weight is 177 g/mol. The Kier molecular flexibility index (Phi) is 7.46. The first-order chi connectivity index (χ1) is 2.64. The van der Waals surface area contributed by atoms with Gasteiger partial charge in [-0.1, -0.05) is 0 Å². The molecule has 0 bridgehead atoms. The van der Waals surface area contributed by atoms with E-state index >= 15 is 0 Å². The summed E-state index contributed by atoms with van der Waals surface area (Å²) in [5, 5.41) is 14.8. The molecule has 7 heavy (non-hydrogen) atoms. The van der Waals surface area contributed by atoms with E-state index in [2.05, 4.69) is 0 Å². The molecule has 0 saturated heterocycles. The Balaban J connectivity index is 0. The zero-order valence-corrected chi connectivity index (χ0v) is 2.71. The van der Waals surface area contributed by atoms with E-state index in [0.717, 1.165) is 0 Å². The van der Waals surface area contributed by atoms with Crippen LogP contribution < -0.4 is 0 Å². The second-order valence-electron chi connectivity index (χ2n) is 0.610. The number of hydrogen-bond acceptors (Lipinski definition) is 2. The van der Waals surface area contributed by atoms with Crippen molar-refractivity contribution < 1.29 is 19.8 Å². The van der Waals surface area contributed by atoms with Crippen LogP contribution in [0.25, 0.3) is 0 Å². The molecule has 0 unspecified atom stereocenters. The van der Waals surface area contributed by atoms with Crippen LogP contribution in [-0.2, 0) is 9.59 Å². The molecule has 5 heteroatoms. The minimum atomic E-state index is -1.82. The van der Waals surface area contributed by atoms with Gasteiger partial charge in [-0.2, -0.15) is 0 Å². The van der Waals surface area contributed by atoms with Gasteiger partial charge in [0.25, 0.3) is 0 Å². The van der Waals surface area contributed by atoms with Gasteiger partial charge in [-0.05, 0) is 0 Å². The number of aliphatic carboxylic acids is 2. The van der Waals surface area contributed by atoms with Crippen LogP contribution in [-0.4, -0.2) is 80.3 Å². The summed E-state index contributed by atoms with van der Waals surface area (Å²) in [5.74, 6) is -3.65. The normalized spacial score (nSPS) is 6.29. The predicted octanol–water partition coefficient (Wildman–Crippen LogP) is -1.49. The summed E-state index contributed by atoms with van der Waals surface area (Å²) in [4.78, 5) is 18.2. The molecule has 0 aliphatic rings. The molecule has 4 nitrogen and oxygen atoms in total.